The van der Waals surface area contributed by atoms with Crippen LogP contribution in [0, 0.1) is 5.41 Å². The summed E-state index contributed by atoms with van der Waals surface area (Å²) >= 11 is 0. The topological polar surface area (TPSA) is 65.1 Å². The number of nitrogens with zero attached hydrogens (tertiary/aromatic N) is 1. The number of fused-ring (bicyclic) bond motifs is 1. The molecule has 3 rings (SSSR count). The number of methoxy groups -OCH3 is 3. The van der Waals surface area contributed by atoms with Crippen molar-refractivity contribution in [3.05, 3.63) is 59.2 Å². The Kier molecular flexibility index (Phi) is 6.50. The highest BCUT2D eigenvalue weighted by Gasteiger charge is 2.55. The highest BCUT2D eigenvalue weighted by molar-refractivity contribution is 6.11. The molecule has 2 aromatic carbocycles. The van der Waals surface area contributed by atoms with Crippen molar-refractivity contribution < 1.29 is 37.0 Å². The molecule has 172 valence electrons. The summed E-state index contributed by atoms with van der Waals surface area (Å²) in [7, 11) is 3.95. The minimum atomic E-state index is -4.65. The Bertz CT molecular complexity index is 1010. The molecule has 0 bridgehead atoms. The van der Waals surface area contributed by atoms with Gasteiger partial charge in [-0.15, -0.1) is 0 Å². The molecule has 2 atom stereocenters. The maximum Gasteiger partial charge on any atom is 0.416 e. The number of benzene rings is 2. The lowest BCUT2D eigenvalue weighted by molar-refractivity contribution is -0.158. The van der Waals surface area contributed by atoms with Crippen LogP contribution in [0.15, 0.2) is 42.5 Å². The summed E-state index contributed by atoms with van der Waals surface area (Å²) in [5.74, 6) is -1.95. The van der Waals surface area contributed by atoms with Gasteiger partial charge in [-0.3, -0.25) is 14.5 Å². The largest absolute Gasteiger partial charge is 0.497 e. The number of carbonyl (C=O) groups is 2. The van der Waals surface area contributed by atoms with Crippen LogP contribution in [0.25, 0.3) is 0 Å². The monoisotopic (exact) mass is 451 g/mol. The third kappa shape index (κ3) is 3.92. The molecule has 1 heterocycles. The van der Waals surface area contributed by atoms with E-state index >= 15 is 0 Å². The van der Waals surface area contributed by atoms with Gasteiger partial charge in [0.2, 0.25) is 5.91 Å². The number of alkyl halides is 3. The van der Waals surface area contributed by atoms with Crippen molar-refractivity contribution in [1.82, 2.24) is 0 Å². The Labute approximate surface area is 183 Å². The highest BCUT2D eigenvalue weighted by Crippen LogP contribution is 2.49. The summed E-state index contributed by atoms with van der Waals surface area (Å²) in [5.41, 5.74) is -2.19. The van der Waals surface area contributed by atoms with Gasteiger partial charge in [-0.2, -0.15) is 13.2 Å². The van der Waals surface area contributed by atoms with E-state index in [0.29, 0.717) is 11.3 Å². The summed E-state index contributed by atoms with van der Waals surface area (Å²) in [5, 5.41) is 0. The van der Waals surface area contributed by atoms with Crippen molar-refractivity contribution in [3.8, 4) is 5.75 Å². The first-order valence-corrected chi connectivity index (χ1v) is 9.81. The molecule has 2 unspecified atom stereocenters. The summed E-state index contributed by atoms with van der Waals surface area (Å²) in [6.45, 7) is 1.08. The summed E-state index contributed by atoms with van der Waals surface area (Å²) in [6.07, 6.45) is -4.86. The van der Waals surface area contributed by atoms with Gasteiger partial charge in [0.05, 0.1) is 19.8 Å². The first-order chi connectivity index (χ1) is 15.1. The van der Waals surface area contributed by atoms with Crippen LogP contribution in [0.2, 0.25) is 0 Å². The summed E-state index contributed by atoms with van der Waals surface area (Å²) in [6, 6.07) is 10.2. The van der Waals surface area contributed by atoms with Gasteiger partial charge in [0.15, 0.2) is 5.41 Å². The van der Waals surface area contributed by atoms with Gasteiger partial charge in [-0.05, 0) is 48.7 Å². The second-order valence-corrected chi connectivity index (χ2v) is 7.68. The number of anilines is 1. The second kappa shape index (κ2) is 8.82. The predicted octanol–water partition coefficient (Wildman–Crippen LogP) is 4.17. The molecule has 0 saturated heterocycles. The van der Waals surface area contributed by atoms with Gasteiger partial charge < -0.3 is 14.2 Å². The number of amides is 1. The van der Waals surface area contributed by atoms with Crippen molar-refractivity contribution in [2.24, 2.45) is 5.41 Å². The van der Waals surface area contributed by atoms with Gasteiger partial charge in [-0.25, -0.2) is 0 Å². The molecular formula is C23H24F3NO5. The lowest BCUT2D eigenvalue weighted by atomic mass is 9.70. The number of halogens is 3. The van der Waals surface area contributed by atoms with Crippen LogP contribution in [0.4, 0.5) is 18.9 Å². The molecule has 0 fully saturated rings. The fraction of sp³-hybridized carbons (Fsp3) is 0.391. The van der Waals surface area contributed by atoms with Crippen molar-refractivity contribution in [1.29, 1.82) is 0 Å². The van der Waals surface area contributed by atoms with E-state index in [4.69, 9.17) is 14.2 Å². The van der Waals surface area contributed by atoms with Crippen molar-refractivity contribution >= 4 is 17.6 Å². The van der Waals surface area contributed by atoms with E-state index in [2.05, 4.69) is 0 Å². The van der Waals surface area contributed by atoms with Gasteiger partial charge in [-0.1, -0.05) is 18.2 Å². The van der Waals surface area contributed by atoms with E-state index in [-0.39, 0.29) is 24.4 Å². The molecule has 9 heteroatoms. The molecule has 1 amide bonds. The van der Waals surface area contributed by atoms with E-state index in [1.165, 1.54) is 33.3 Å². The SMILES string of the molecule is COCN1C(=O)C(C)(C(=O)OC)C(c2ccc(OC)cc2)Cc2c1cccc2C(F)(F)F. The molecule has 1 aliphatic heterocycles. The van der Waals surface area contributed by atoms with Crippen LogP contribution >= 0.6 is 0 Å². The van der Waals surface area contributed by atoms with Gasteiger partial charge >= 0.3 is 12.1 Å². The minimum Gasteiger partial charge on any atom is -0.497 e. The van der Waals surface area contributed by atoms with Crippen LogP contribution in [-0.2, 0) is 31.7 Å². The van der Waals surface area contributed by atoms with E-state index in [9.17, 15) is 22.8 Å². The molecule has 1 aliphatic rings. The number of carbonyl (C=O) groups excluding carboxylic acids is 2. The number of hydrogen-bond donors (Lipinski definition) is 0. The maximum atomic E-state index is 13.9. The van der Waals surface area contributed by atoms with Crippen molar-refractivity contribution in [2.75, 3.05) is 33.0 Å². The molecular weight excluding hydrogens is 427 g/mol. The third-order valence-corrected chi connectivity index (χ3v) is 5.93. The summed E-state index contributed by atoms with van der Waals surface area (Å²) < 4.78 is 57.0. The van der Waals surface area contributed by atoms with Crippen molar-refractivity contribution in [2.45, 2.75) is 25.4 Å². The predicted molar refractivity (Wildman–Crippen MR) is 110 cm³/mol. The Morgan fingerprint density at radius 1 is 1.12 bits per heavy atom. The quantitative estimate of drug-likeness (QED) is 0.504. The van der Waals surface area contributed by atoms with Crippen LogP contribution < -0.4 is 9.64 Å². The van der Waals surface area contributed by atoms with Crippen LogP contribution in [0.5, 0.6) is 5.75 Å². The van der Waals surface area contributed by atoms with Gasteiger partial charge in [0, 0.05) is 18.7 Å². The Hall–Kier alpha value is -3.07. The number of hydrogen-bond acceptors (Lipinski definition) is 5. The average molecular weight is 451 g/mol. The molecule has 0 saturated carbocycles. The molecule has 0 spiro atoms. The van der Waals surface area contributed by atoms with Gasteiger partial charge in [0.1, 0.15) is 12.5 Å². The Morgan fingerprint density at radius 2 is 1.78 bits per heavy atom. The standard InChI is InChI=1S/C23H24F3NO5/c1-22(21(29)32-4)18(14-8-10-15(31-3)11-9-14)12-16-17(23(24,25)26)6-5-7-19(16)27(13-30-2)20(22)28/h5-11,18H,12-13H2,1-4H3. The molecule has 2 aromatic rings. The zero-order valence-corrected chi connectivity index (χ0v) is 18.2. The molecule has 6 nitrogen and oxygen atoms in total. The van der Waals surface area contributed by atoms with E-state index in [1.54, 1.807) is 24.3 Å². The maximum absolute atomic E-state index is 13.9. The highest BCUT2D eigenvalue weighted by atomic mass is 19.4. The number of rotatable bonds is 5. The fourth-order valence-corrected chi connectivity index (χ4v) is 4.24. The van der Waals surface area contributed by atoms with Crippen molar-refractivity contribution in [3.63, 3.8) is 0 Å². The Morgan fingerprint density at radius 3 is 2.31 bits per heavy atom. The van der Waals surface area contributed by atoms with E-state index < -0.39 is 34.9 Å². The first-order valence-electron chi connectivity index (χ1n) is 9.81. The lowest BCUT2D eigenvalue weighted by Crippen LogP contribution is -2.50. The normalized spacial score (nSPS) is 21.0. The van der Waals surface area contributed by atoms with Crippen LogP contribution in [-0.4, -0.2) is 39.9 Å². The average Bonchev–Trinajstić information content (AvgIpc) is 2.87. The van der Waals surface area contributed by atoms with Crippen LogP contribution in [0.3, 0.4) is 0 Å². The zero-order chi connectivity index (χ0) is 23.7. The lowest BCUT2D eigenvalue weighted by Gasteiger charge is -2.35. The molecule has 32 heavy (non-hydrogen) atoms. The van der Waals surface area contributed by atoms with Gasteiger partial charge in [0.25, 0.3) is 0 Å². The summed E-state index contributed by atoms with van der Waals surface area (Å²) in [4.78, 5) is 27.8. The first kappa shape index (κ1) is 23.6. The molecule has 0 aromatic heterocycles. The smallest absolute Gasteiger partial charge is 0.416 e. The van der Waals surface area contributed by atoms with Crippen LogP contribution in [0.1, 0.15) is 29.5 Å². The third-order valence-electron chi connectivity index (χ3n) is 5.93. The number of ether oxygens (including phenoxy) is 3. The molecule has 0 aliphatic carbocycles. The number of esters is 1. The van der Waals surface area contributed by atoms with E-state index in [1.807, 2.05) is 0 Å². The second-order valence-electron chi connectivity index (χ2n) is 7.68. The zero-order valence-electron chi connectivity index (χ0n) is 18.2. The molecule has 0 radical (unpaired) electrons. The molecule has 0 N–H and O–H groups in total. The van der Waals surface area contributed by atoms with E-state index in [0.717, 1.165) is 18.1 Å². The Balaban J connectivity index is 2.32. The minimum absolute atomic E-state index is 0.0535. The fourth-order valence-electron chi connectivity index (χ4n) is 4.24.